The summed E-state index contributed by atoms with van der Waals surface area (Å²) in [5.41, 5.74) is 11.0. The Hall–Kier alpha value is -1.93. The van der Waals surface area contributed by atoms with Crippen molar-refractivity contribution >= 4 is 36.3 Å². The van der Waals surface area contributed by atoms with Crippen molar-refractivity contribution in [3.05, 3.63) is 0 Å². The number of nitrogens with one attached hydrogen (secondary N) is 4. The highest BCUT2D eigenvalue weighted by atomic mass is 32.1. The molecule has 0 bridgehead atoms. The zero-order valence-corrected chi connectivity index (χ0v) is 20.8. The number of carboxylic acids is 1. The van der Waals surface area contributed by atoms with E-state index in [2.05, 4.69) is 33.9 Å². The highest BCUT2D eigenvalue weighted by molar-refractivity contribution is 7.80. The Bertz CT molecular complexity index is 627. The maximum absolute atomic E-state index is 12.8. The van der Waals surface area contributed by atoms with E-state index in [0.29, 0.717) is 45.3 Å². The molecule has 0 aliphatic rings. The number of aliphatic hydroxyl groups is 1. The zero-order chi connectivity index (χ0) is 25.9. The van der Waals surface area contributed by atoms with Crippen LogP contribution in [-0.4, -0.2) is 90.1 Å². The highest BCUT2D eigenvalue weighted by Gasteiger charge is 2.30. The first-order valence-electron chi connectivity index (χ1n) is 11.7. The number of nitrogens with two attached hydrogens (primary N) is 2. The number of thiol groups is 1. The summed E-state index contributed by atoms with van der Waals surface area (Å²) in [5.74, 6) is -2.92. The molecule has 0 aliphatic heterocycles. The first kappa shape index (κ1) is 32.1. The summed E-state index contributed by atoms with van der Waals surface area (Å²) >= 11 is 4.14. The average molecular weight is 507 g/mol. The van der Waals surface area contributed by atoms with Crippen molar-refractivity contribution in [1.82, 2.24) is 21.3 Å². The topological polar surface area (TPSA) is 209 Å². The largest absolute Gasteiger partial charge is 0.480 e. The second-order valence-electron chi connectivity index (χ2n) is 7.96. The average Bonchev–Trinajstić information content (AvgIpc) is 2.81. The molecular formula is C21H42N6O6S. The first-order valence-corrected chi connectivity index (χ1v) is 12.4. The van der Waals surface area contributed by atoms with Gasteiger partial charge in [0.1, 0.15) is 18.1 Å². The highest BCUT2D eigenvalue weighted by Crippen LogP contribution is 2.06. The molecule has 198 valence electrons. The number of hydrogen-bond acceptors (Lipinski definition) is 9. The normalized spacial score (nSPS) is 14.5. The third kappa shape index (κ3) is 13.1. The fourth-order valence-corrected chi connectivity index (χ4v) is 3.38. The van der Waals surface area contributed by atoms with Crippen molar-refractivity contribution in [2.45, 2.75) is 76.0 Å². The monoisotopic (exact) mass is 506 g/mol. The van der Waals surface area contributed by atoms with Crippen molar-refractivity contribution < 1.29 is 29.4 Å². The number of aliphatic hydroxyl groups excluding tert-OH is 1. The molecule has 0 heterocycles. The summed E-state index contributed by atoms with van der Waals surface area (Å²) in [7, 11) is 0. The van der Waals surface area contributed by atoms with Gasteiger partial charge in [0.2, 0.25) is 17.7 Å². The fourth-order valence-electron chi connectivity index (χ4n) is 3.08. The van der Waals surface area contributed by atoms with Crippen molar-refractivity contribution in [1.29, 1.82) is 0 Å². The Morgan fingerprint density at radius 1 is 0.794 bits per heavy atom. The van der Waals surface area contributed by atoms with Crippen LogP contribution in [0.4, 0.5) is 0 Å². The Labute approximate surface area is 206 Å². The smallest absolute Gasteiger partial charge is 0.326 e. The minimum Gasteiger partial charge on any atom is -0.480 e. The molecule has 0 aromatic carbocycles. The lowest BCUT2D eigenvalue weighted by atomic mass is 10.1. The number of hydrogen-bond donors (Lipinski definition) is 9. The lowest BCUT2D eigenvalue weighted by molar-refractivity contribution is -0.142. The van der Waals surface area contributed by atoms with Crippen LogP contribution in [0.15, 0.2) is 0 Å². The molecule has 0 radical (unpaired) electrons. The summed E-state index contributed by atoms with van der Waals surface area (Å²) in [6.45, 7) is 2.64. The van der Waals surface area contributed by atoms with Crippen LogP contribution in [0.3, 0.4) is 0 Å². The van der Waals surface area contributed by atoms with Crippen LogP contribution in [-0.2, 0) is 19.2 Å². The molecular weight excluding hydrogens is 464 g/mol. The molecule has 0 aromatic heterocycles. The summed E-state index contributed by atoms with van der Waals surface area (Å²) in [6.07, 6.45) is 3.47. The van der Waals surface area contributed by atoms with Crippen LogP contribution in [0.5, 0.6) is 0 Å². The SMILES string of the molecule is CCCN[C@@H](CS)C(=O)N[C@H](CO)C(=O)N[C@@H](CCCCN)C(=O)N[C@@H](CCCCN)C(=O)O. The minimum atomic E-state index is -1.29. The van der Waals surface area contributed by atoms with E-state index in [0.717, 1.165) is 6.42 Å². The van der Waals surface area contributed by atoms with Crippen LogP contribution in [0, 0.1) is 0 Å². The van der Waals surface area contributed by atoms with Crippen LogP contribution >= 0.6 is 12.6 Å². The summed E-state index contributed by atoms with van der Waals surface area (Å²) < 4.78 is 0. The van der Waals surface area contributed by atoms with Crippen molar-refractivity contribution in [3.63, 3.8) is 0 Å². The number of amides is 3. The molecule has 0 saturated carbocycles. The maximum Gasteiger partial charge on any atom is 0.326 e. The van der Waals surface area contributed by atoms with Gasteiger partial charge in [-0.3, -0.25) is 14.4 Å². The van der Waals surface area contributed by atoms with E-state index in [-0.39, 0.29) is 18.6 Å². The Balaban J connectivity index is 5.26. The Morgan fingerprint density at radius 2 is 1.26 bits per heavy atom. The van der Waals surface area contributed by atoms with Gasteiger partial charge in [-0.25, -0.2) is 4.79 Å². The van der Waals surface area contributed by atoms with Gasteiger partial charge in [-0.2, -0.15) is 12.6 Å². The van der Waals surface area contributed by atoms with Crippen LogP contribution in [0.1, 0.15) is 51.9 Å². The van der Waals surface area contributed by atoms with Gasteiger partial charge in [-0.15, -0.1) is 0 Å². The van der Waals surface area contributed by atoms with E-state index in [9.17, 15) is 29.4 Å². The molecule has 0 aromatic rings. The number of carbonyl (C=O) groups is 4. The zero-order valence-electron chi connectivity index (χ0n) is 19.9. The molecule has 12 nitrogen and oxygen atoms in total. The lowest BCUT2D eigenvalue weighted by Crippen LogP contribution is -2.58. The van der Waals surface area contributed by atoms with E-state index < -0.39 is 54.5 Å². The standard InChI is InChI=1S/C21H42N6O6S/c1-2-11-24-17(13-34)20(31)27-16(12-28)19(30)25-14(7-3-5-9-22)18(29)26-15(21(32)33)8-4-6-10-23/h14-17,24,28,34H,2-13,22-23H2,1H3,(H,25,30)(H,26,29)(H,27,31)(H,32,33)/t14-,15-,16+,17-/m0/s1. The third-order valence-electron chi connectivity index (χ3n) is 5.10. The molecule has 0 spiro atoms. The van der Waals surface area contributed by atoms with Gasteiger partial charge >= 0.3 is 5.97 Å². The van der Waals surface area contributed by atoms with Gasteiger partial charge in [0, 0.05) is 5.75 Å². The molecule has 34 heavy (non-hydrogen) atoms. The second kappa shape index (κ2) is 19.4. The number of carboxylic acid groups (broad SMARTS) is 1. The van der Waals surface area contributed by atoms with E-state index in [1.807, 2.05) is 6.92 Å². The van der Waals surface area contributed by atoms with Gasteiger partial charge in [0.05, 0.1) is 12.6 Å². The van der Waals surface area contributed by atoms with Gasteiger partial charge in [-0.05, 0) is 64.6 Å². The molecule has 0 fully saturated rings. The molecule has 0 rings (SSSR count). The quantitative estimate of drug-likeness (QED) is 0.0664. The van der Waals surface area contributed by atoms with Crippen molar-refractivity contribution in [2.24, 2.45) is 11.5 Å². The minimum absolute atomic E-state index is 0.191. The van der Waals surface area contributed by atoms with Crippen molar-refractivity contribution in [3.8, 4) is 0 Å². The number of carbonyl (C=O) groups excluding carboxylic acids is 3. The van der Waals surface area contributed by atoms with E-state index >= 15 is 0 Å². The maximum atomic E-state index is 12.8. The van der Waals surface area contributed by atoms with Crippen LogP contribution in [0.2, 0.25) is 0 Å². The van der Waals surface area contributed by atoms with Crippen molar-refractivity contribution in [2.75, 3.05) is 32.0 Å². The molecule has 10 N–H and O–H groups in total. The molecule has 13 heteroatoms. The van der Waals surface area contributed by atoms with Crippen LogP contribution in [0.25, 0.3) is 0 Å². The summed E-state index contributed by atoms with van der Waals surface area (Å²) in [6, 6.07) is -4.12. The molecule has 0 unspecified atom stereocenters. The predicted molar refractivity (Wildman–Crippen MR) is 132 cm³/mol. The van der Waals surface area contributed by atoms with Gasteiger partial charge in [-0.1, -0.05) is 6.92 Å². The Kier molecular flexibility index (Phi) is 18.3. The number of unbranched alkanes of at least 4 members (excludes halogenated alkanes) is 2. The Morgan fingerprint density at radius 3 is 1.74 bits per heavy atom. The van der Waals surface area contributed by atoms with Crippen LogP contribution < -0.4 is 32.7 Å². The van der Waals surface area contributed by atoms with Gasteiger partial charge < -0.3 is 42.9 Å². The second-order valence-corrected chi connectivity index (χ2v) is 8.33. The van der Waals surface area contributed by atoms with E-state index in [1.165, 1.54) is 0 Å². The first-order chi connectivity index (χ1) is 16.2. The van der Waals surface area contributed by atoms with E-state index in [4.69, 9.17) is 11.5 Å². The third-order valence-corrected chi connectivity index (χ3v) is 5.46. The lowest BCUT2D eigenvalue weighted by Gasteiger charge is -2.25. The molecule has 0 aliphatic carbocycles. The van der Waals surface area contributed by atoms with E-state index in [1.54, 1.807) is 0 Å². The molecule has 4 atom stereocenters. The van der Waals surface area contributed by atoms with Gasteiger partial charge in [0.15, 0.2) is 0 Å². The van der Waals surface area contributed by atoms with Gasteiger partial charge in [0.25, 0.3) is 0 Å². The molecule has 3 amide bonds. The number of aliphatic carboxylic acids is 1. The summed E-state index contributed by atoms with van der Waals surface area (Å²) in [5, 5.41) is 29.5. The number of rotatable bonds is 20. The predicted octanol–water partition coefficient (Wildman–Crippen LogP) is -1.93. The summed E-state index contributed by atoms with van der Waals surface area (Å²) in [4.78, 5) is 49.5. The fraction of sp³-hybridized carbons (Fsp3) is 0.810. The molecule has 0 saturated heterocycles.